The molecule has 0 bridgehead atoms. The Morgan fingerprint density at radius 3 is 2.10 bits per heavy atom. The van der Waals surface area contributed by atoms with Gasteiger partial charge in [0, 0.05) is 31.8 Å². The first-order valence-electron chi connectivity index (χ1n) is 10.4. The van der Waals surface area contributed by atoms with Crippen molar-refractivity contribution in [1.29, 1.82) is 0 Å². The van der Waals surface area contributed by atoms with E-state index < -0.39 is 9.84 Å². The van der Waals surface area contributed by atoms with Gasteiger partial charge in [0.25, 0.3) is 0 Å². The van der Waals surface area contributed by atoms with Crippen LogP contribution in [-0.4, -0.2) is 59.2 Å². The molecule has 0 atom stereocenters. The summed E-state index contributed by atoms with van der Waals surface area (Å²) < 4.78 is 27.6. The van der Waals surface area contributed by atoms with Crippen molar-refractivity contribution in [3.63, 3.8) is 0 Å². The predicted octanol–water partition coefficient (Wildman–Crippen LogP) is 2.82. The van der Waals surface area contributed by atoms with Crippen LogP contribution in [0.5, 0.6) is 0 Å². The average Bonchev–Trinajstić information content (AvgIpc) is 2.74. The molecule has 0 aliphatic heterocycles. The van der Waals surface area contributed by atoms with E-state index in [1.54, 1.807) is 0 Å². The molecule has 0 spiro atoms. The molecule has 164 valence electrons. The predicted molar refractivity (Wildman–Crippen MR) is 124 cm³/mol. The summed E-state index contributed by atoms with van der Waals surface area (Å²) in [7, 11) is -2.98. The summed E-state index contributed by atoms with van der Waals surface area (Å²) >= 11 is 0. The van der Waals surface area contributed by atoms with Crippen molar-refractivity contribution >= 4 is 15.8 Å². The molecule has 0 radical (unpaired) electrons. The molecule has 0 fully saturated rings. The molecule has 7 heteroatoms. The number of hydrogen-bond acceptors (Lipinski definition) is 4. The number of aliphatic imine (C=N–C) groups is 1. The lowest BCUT2D eigenvalue weighted by atomic mass is 9.89. The molecule has 2 rings (SSSR count). The minimum Gasteiger partial charge on any atom is -0.379 e. The van der Waals surface area contributed by atoms with E-state index in [1.807, 2.05) is 19.1 Å². The van der Waals surface area contributed by atoms with Crippen LogP contribution in [0.2, 0.25) is 0 Å². The Bertz CT molecular complexity index is 816. The molecule has 0 aliphatic carbocycles. The Balaban J connectivity index is 1.89. The maximum absolute atomic E-state index is 11.1. The number of nitrogens with one attached hydrogen (secondary N) is 2. The molecule has 6 nitrogen and oxygen atoms in total. The quantitative estimate of drug-likeness (QED) is 0.307. The van der Waals surface area contributed by atoms with Crippen LogP contribution in [0, 0.1) is 0 Å². The maximum atomic E-state index is 11.1. The zero-order valence-electron chi connectivity index (χ0n) is 17.9. The van der Waals surface area contributed by atoms with Gasteiger partial charge in [-0.25, -0.2) is 8.42 Å². The van der Waals surface area contributed by atoms with Crippen LogP contribution in [0.3, 0.4) is 0 Å². The second-order valence-corrected chi connectivity index (χ2v) is 9.35. The first kappa shape index (κ1) is 23.9. The smallest absolute Gasteiger partial charge is 0.191 e. The second kappa shape index (κ2) is 13.0. The highest BCUT2D eigenvalue weighted by Crippen LogP contribution is 2.27. The van der Waals surface area contributed by atoms with Crippen LogP contribution >= 0.6 is 0 Å². The normalized spacial score (nSPS) is 12.2. The van der Waals surface area contributed by atoms with E-state index in [0.717, 1.165) is 18.9 Å². The van der Waals surface area contributed by atoms with E-state index in [4.69, 9.17) is 9.73 Å². The van der Waals surface area contributed by atoms with E-state index in [1.165, 1.54) is 17.4 Å². The fourth-order valence-electron chi connectivity index (χ4n) is 3.10. The third kappa shape index (κ3) is 9.41. The van der Waals surface area contributed by atoms with Gasteiger partial charge < -0.3 is 15.4 Å². The Kier molecular flexibility index (Phi) is 10.4. The van der Waals surface area contributed by atoms with Gasteiger partial charge in [0.1, 0.15) is 9.84 Å². The van der Waals surface area contributed by atoms with Crippen LogP contribution in [0.25, 0.3) is 0 Å². The van der Waals surface area contributed by atoms with E-state index in [-0.39, 0.29) is 12.4 Å². The molecular weight excluding hydrogens is 398 g/mol. The lowest BCUT2D eigenvalue weighted by Crippen LogP contribution is -2.39. The summed E-state index contributed by atoms with van der Waals surface area (Å²) in [4.78, 5) is 4.70. The second-order valence-electron chi connectivity index (χ2n) is 7.09. The summed E-state index contributed by atoms with van der Waals surface area (Å²) in [5, 5.41) is 6.47. The van der Waals surface area contributed by atoms with E-state index in [0.29, 0.717) is 25.6 Å². The topological polar surface area (TPSA) is 79.8 Å². The van der Waals surface area contributed by atoms with Crippen LogP contribution in [0.4, 0.5) is 0 Å². The van der Waals surface area contributed by atoms with Gasteiger partial charge >= 0.3 is 0 Å². The molecule has 0 unspecified atom stereocenters. The summed E-state index contributed by atoms with van der Waals surface area (Å²) in [6.07, 6.45) is 2.11. The largest absolute Gasteiger partial charge is 0.379 e. The van der Waals surface area contributed by atoms with Crippen molar-refractivity contribution in [2.24, 2.45) is 4.99 Å². The minimum absolute atomic E-state index is 0.0432. The fraction of sp³-hybridized carbons (Fsp3) is 0.435. The van der Waals surface area contributed by atoms with Crippen molar-refractivity contribution in [2.75, 3.05) is 44.9 Å². The van der Waals surface area contributed by atoms with Gasteiger partial charge in [0.05, 0.1) is 19.0 Å². The number of ether oxygens (including phenoxy) is 1. The van der Waals surface area contributed by atoms with Crippen molar-refractivity contribution < 1.29 is 13.2 Å². The summed E-state index contributed by atoms with van der Waals surface area (Å²) in [5.74, 6) is 1.07. The summed E-state index contributed by atoms with van der Waals surface area (Å²) in [6, 6.07) is 21.0. The molecular formula is C23H33N3O3S. The Morgan fingerprint density at radius 2 is 1.57 bits per heavy atom. The van der Waals surface area contributed by atoms with Gasteiger partial charge in [0.15, 0.2) is 5.96 Å². The zero-order valence-corrected chi connectivity index (χ0v) is 18.7. The third-order valence-corrected chi connectivity index (χ3v) is 5.48. The number of sulfone groups is 1. The van der Waals surface area contributed by atoms with Gasteiger partial charge in [-0.1, -0.05) is 60.7 Å². The van der Waals surface area contributed by atoms with Gasteiger partial charge in [-0.15, -0.1) is 0 Å². The van der Waals surface area contributed by atoms with Crippen molar-refractivity contribution in [3.05, 3.63) is 71.8 Å². The van der Waals surface area contributed by atoms with Crippen molar-refractivity contribution in [3.8, 4) is 0 Å². The number of guanidine groups is 1. The minimum atomic E-state index is -2.98. The Labute approximate surface area is 180 Å². The average molecular weight is 432 g/mol. The van der Waals surface area contributed by atoms with E-state index >= 15 is 0 Å². The molecule has 0 aromatic heterocycles. The molecule has 0 amide bonds. The lowest BCUT2D eigenvalue weighted by Gasteiger charge is -2.18. The summed E-state index contributed by atoms with van der Waals surface area (Å²) in [5.41, 5.74) is 2.58. The highest BCUT2D eigenvalue weighted by atomic mass is 32.2. The van der Waals surface area contributed by atoms with Crippen LogP contribution in [0.15, 0.2) is 65.7 Å². The lowest BCUT2D eigenvalue weighted by molar-refractivity contribution is 0.154. The molecule has 0 heterocycles. The zero-order chi connectivity index (χ0) is 21.7. The fourth-order valence-corrected chi connectivity index (χ4v) is 3.52. The molecule has 30 heavy (non-hydrogen) atoms. The van der Waals surface area contributed by atoms with Crippen molar-refractivity contribution in [2.45, 2.75) is 19.3 Å². The molecule has 2 aromatic carbocycles. The SMILES string of the molecule is CCNC(=NCCC(c1ccccc1)c1ccccc1)NCCOCCS(C)(=O)=O. The van der Waals surface area contributed by atoms with Crippen LogP contribution in [0.1, 0.15) is 30.4 Å². The molecule has 2 aromatic rings. The summed E-state index contributed by atoms with van der Waals surface area (Å²) in [6.45, 7) is 4.67. The number of rotatable bonds is 12. The molecule has 0 aliphatic rings. The van der Waals surface area contributed by atoms with Gasteiger partial charge in [-0.05, 0) is 24.5 Å². The standard InChI is InChI=1S/C23H33N3O3S/c1-3-24-23(26-16-17-29-18-19-30(2,27)28)25-15-14-22(20-10-6-4-7-11-20)21-12-8-5-9-13-21/h4-13,22H,3,14-19H2,1-2H3,(H2,24,25,26). The van der Waals surface area contributed by atoms with Crippen molar-refractivity contribution in [1.82, 2.24) is 10.6 Å². The first-order valence-corrected chi connectivity index (χ1v) is 12.4. The van der Waals surface area contributed by atoms with Gasteiger partial charge in [-0.3, -0.25) is 4.99 Å². The van der Waals surface area contributed by atoms with E-state index in [9.17, 15) is 8.42 Å². The first-order chi connectivity index (χ1) is 14.5. The number of hydrogen-bond donors (Lipinski definition) is 2. The van der Waals surface area contributed by atoms with Crippen LogP contribution in [-0.2, 0) is 14.6 Å². The third-order valence-electron chi connectivity index (χ3n) is 4.57. The van der Waals surface area contributed by atoms with Crippen LogP contribution < -0.4 is 10.6 Å². The number of benzene rings is 2. The molecule has 0 saturated carbocycles. The monoisotopic (exact) mass is 431 g/mol. The Hall–Kier alpha value is -2.38. The number of nitrogens with zero attached hydrogens (tertiary/aromatic N) is 1. The van der Waals surface area contributed by atoms with Gasteiger partial charge in [-0.2, -0.15) is 0 Å². The molecule has 0 saturated heterocycles. The Morgan fingerprint density at radius 1 is 0.967 bits per heavy atom. The maximum Gasteiger partial charge on any atom is 0.191 e. The van der Waals surface area contributed by atoms with Gasteiger partial charge in [0.2, 0.25) is 0 Å². The molecule has 2 N–H and O–H groups in total. The van der Waals surface area contributed by atoms with E-state index in [2.05, 4.69) is 59.2 Å². The highest BCUT2D eigenvalue weighted by molar-refractivity contribution is 7.90. The highest BCUT2D eigenvalue weighted by Gasteiger charge is 2.13.